The van der Waals surface area contributed by atoms with E-state index in [1.54, 1.807) is 18.6 Å². The number of carbonyl (C=O) groups excluding carboxylic acids is 1. The molecular weight excluding hydrogens is 352 g/mol. The number of fused-ring (bicyclic) bond motifs is 1. The lowest BCUT2D eigenvalue weighted by Crippen LogP contribution is -2.48. The monoisotopic (exact) mass is 378 g/mol. The summed E-state index contributed by atoms with van der Waals surface area (Å²) in [5.74, 6) is 1.80. The molecule has 7 heteroatoms. The second-order valence-electron chi connectivity index (χ2n) is 7.55. The smallest absolute Gasteiger partial charge is 0.220 e. The second-order valence-corrected chi connectivity index (χ2v) is 7.55. The number of H-pyrrole nitrogens is 1. The molecule has 1 fully saturated rings. The molecule has 2 N–H and O–H groups in total. The van der Waals surface area contributed by atoms with Crippen LogP contribution < -0.4 is 10.2 Å². The number of aromatic nitrogens is 4. The first kappa shape index (κ1) is 18.4. The third-order valence-corrected chi connectivity index (χ3v) is 5.40. The quantitative estimate of drug-likeness (QED) is 0.713. The van der Waals surface area contributed by atoms with Gasteiger partial charge < -0.3 is 15.2 Å². The lowest BCUT2D eigenvalue weighted by molar-refractivity contribution is -0.121. The molecule has 0 spiro atoms. The van der Waals surface area contributed by atoms with Crippen molar-refractivity contribution in [1.82, 2.24) is 25.3 Å². The zero-order chi connectivity index (χ0) is 19.5. The van der Waals surface area contributed by atoms with E-state index < -0.39 is 0 Å². The standard InChI is InChI=1S/C21H26N6O/c1-14-10-17-18(11-15(14)2)26-19(25-17)5-6-21(28)24-16-4-3-9-27(13-16)20-12-22-7-8-23-20/h7-8,10-12,16H,3-6,9,13H2,1-2H3,(H,24,28)(H,25,26)/t16-/m1/s1. The van der Waals surface area contributed by atoms with Gasteiger partial charge in [-0.05, 0) is 49.9 Å². The van der Waals surface area contributed by atoms with Gasteiger partial charge in [0, 0.05) is 44.4 Å². The first-order chi connectivity index (χ1) is 13.6. The minimum absolute atomic E-state index is 0.0683. The van der Waals surface area contributed by atoms with Crippen LogP contribution in [-0.2, 0) is 11.2 Å². The molecule has 1 saturated heterocycles. The first-order valence-electron chi connectivity index (χ1n) is 9.84. The Labute approximate surface area is 164 Å². The highest BCUT2D eigenvalue weighted by Gasteiger charge is 2.22. The number of nitrogens with zero attached hydrogens (tertiary/aromatic N) is 4. The Morgan fingerprint density at radius 2 is 2.14 bits per heavy atom. The number of anilines is 1. The molecule has 146 valence electrons. The fraction of sp³-hybridized carbons (Fsp3) is 0.429. The number of aromatic amines is 1. The zero-order valence-electron chi connectivity index (χ0n) is 16.4. The van der Waals surface area contributed by atoms with Crippen LogP contribution >= 0.6 is 0 Å². The van der Waals surface area contributed by atoms with Gasteiger partial charge in [0.05, 0.1) is 17.2 Å². The second kappa shape index (κ2) is 7.96. The number of nitrogens with one attached hydrogen (secondary N) is 2. The molecule has 3 heterocycles. The Morgan fingerprint density at radius 1 is 1.29 bits per heavy atom. The number of amides is 1. The molecule has 0 radical (unpaired) electrons. The summed E-state index contributed by atoms with van der Waals surface area (Å²) in [7, 11) is 0. The van der Waals surface area contributed by atoms with Crippen molar-refractivity contribution in [1.29, 1.82) is 0 Å². The topological polar surface area (TPSA) is 86.8 Å². The molecule has 1 aliphatic heterocycles. The van der Waals surface area contributed by atoms with Gasteiger partial charge in [-0.2, -0.15) is 0 Å². The first-order valence-corrected chi connectivity index (χ1v) is 9.84. The summed E-state index contributed by atoms with van der Waals surface area (Å²) >= 11 is 0. The highest BCUT2D eigenvalue weighted by Crippen LogP contribution is 2.19. The summed E-state index contributed by atoms with van der Waals surface area (Å²) < 4.78 is 0. The highest BCUT2D eigenvalue weighted by molar-refractivity contribution is 5.78. The van der Waals surface area contributed by atoms with Gasteiger partial charge in [-0.1, -0.05) is 0 Å². The van der Waals surface area contributed by atoms with Crippen LogP contribution in [0.25, 0.3) is 11.0 Å². The number of benzene rings is 1. The number of piperidine rings is 1. The van der Waals surface area contributed by atoms with Crippen LogP contribution in [0.5, 0.6) is 0 Å². The normalized spacial score (nSPS) is 17.1. The number of imidazole rings is 1. The van der Waals surface area contributed by atoms with Gasteiger partial charge in [-0.3, -0.25) is 9.78 Å². The summed E-state index contributed by atoms with van der Waals surface area (Å²) in [6.45, 7) is 5.90. The molecule has 1 amide bonds. The molecule has 4 rings (SSSR count). The van der Waals surface area contributed by atoms with E-state index >= 15 is 0 Å². The van der Waals surface area contributed by atoms with Gasteiger partial charge in [-0.15, -0.1) is 0 Å². The summed E-state index contributed by atoms with van der Waals surface area (Å²) in [6, 6.07) is 4.35. The van der Waals surface area contributed by atoms with Crippen LogP contribution in [0.3, 0.4) is 0 Å². The van der Waals surface area contributed by atoms with Crippen molar-refractivity contribution in [3.8, 4) is 0 Å². The van der Waals surface area contributed by atoms with Gasteiger partial charge in [0.1, 0.15) is 11.6 Å². The third kappa shape index (κ3) is 4.13. The largest absolute Gasteiger partial charge is 0.353 e. The number of aryl methyl sites for hydroxylation is 3. The Kier molecular flexibility index (Phi) is 5.23. The number of carbonyl (C=O) groups is 1. The fourth-order valence-corrected chi connectivity index (χ4v) is 3.73. The molecule has 3 aromatic rings. The lowest BCUT2D eigenvalue weighted by Gasteiger charge is -2.33. The fourth-order valence-electron chi connectivity index (χ4n) is 3.73. The number of rotatable bonds is 5. The van der Waals surface area contributed by atoms with Gasteiger partial charge in [0.2, 0.25) is 5.91 Å². The minimum atomic E-state index is 0.0683. The van der Waals surface area contributed by atoms with E-state index in [0.717, 1.165) is 48.6 Å². The van der Waals surface area contributed by atoms with E-state index in [1.165, 1.54) is 11.1 Å². The molecule has 1 aliphatic rings. The van der Waals surface area contributed by atoms with Crippen molar-refractivity contribution >= 4 is 22.8 Å². The van der Waals surface area contributed by atoms with Crippen molar-refractivity contribution in [2.45, 2.75) is 45.6 Å². The minimum Gasteiger partial charge on any atom is -0.353 e. The van der Waals surface area contributed by atoms with E-state index in [9.17, 15) is 4.79 Å². The summed E-state index contributed by atoms with van der Waals surface area (Å²) in [6.07, 6.45) is 8.21. The van der Waals surface area contributed by atoms with Gasteiger partial charge >= 0.3 is 0 Å². The summed E-state index contributed by atoms with van der Waals surface area (Å²) in [4.78, 5) is 31.1. The molecule has 7 nitrogen and oxygen atoms in total. The average molecular weight is 378 g/mol. The van der Waals surface area contributed by atoms with Crippen LogP contribution in [0.15, 0.2) is 30.7 Å². The number of hydrogen-bond donors (Lipinski definition) is 2. The molecule has 2 aromatic heterocycles. The lowest BCUT2D eigenvalue weighted by atomic mass is 10.1. The van der Waals surface area contributed by atoms with Gasteiger partial charge in [0.25, 0.3) is 0 Å². The van der Waals surface area contributed by atoms with Crippen molar-refractivity contribution < 1.29 is 4.79 Å². The molecule has 0 aliphatic carbocycles. The van der Waals surface area contributed by atoms with Crippen LogP contribution in [-0.4, -0.2) is 45.0 Å². The SMILES string of the molecule is Cc1cc2nc(CCC(=O)N[C@@H]3CCCN(c4cnccn4)C3)[nH]c2cc1C. The van der Waals surface area contributed by atoms with Crippen LogP contribution in [0, 0.1) is 13.8 Å². The van der Waals surface area contributed by atoms with Crippen molar-refractivity contribution in [2.24, 2.45) is 0 Å². The number of hydrogen-bond acceptors (Lipinski definition) is 5. The molecular formula is C21H26N6O. The van der Waals surface area contributed by atoms with E-state index in [2.05, 4.69) is 56.1 Å². The molecule has 1 aromatic carbocycles. The maximum absolute atomic E-state index is 12.5. The summed E-state index contributed by atoms with van der Waals surface area (Å²) in [5, 5.41) is 3.17. The molecule has 0 saturated carbocycles. The maximum atomic E-state index is 12.5. The Morgan fingerprint density at radius 3 is 2.96 bits per heavy atom. The molecule has 0 bridgehead atoms. The van der Waals surface area contributed by atoms with E-state index in [-0.39, 0.29) is 11.9 Å². The Hall–Kier alpha value is -2.96. The predicted octanol–water partition coefficient (Wildman–Crippen LogP) is 2.69. The highest BCUT2D eigenvalue weighted by atomic mass is 16.1. The van der Waals surface area contributed by atoms with Crippen molar-refractivity contribution in [3.05, 3.63) is 47.7 Å². The van der Waals surface area contributed by atoms with E-state index in [0.29, 0.717) is 12.8 Å². The van der Waals surface area contributed by atoms with Crippen LogP contribution in [0.4, 0.5) is 5.82 Å². The molecule has 1 atom stereocenters. The zero-order valence-corrected chi connectivity index (χ0v) is 16.4. The predicted molar refractivity (Wildman–Crippen MR) is 109 cm³/mol. The third-order valence-electron chi connectivity index (χ3n) is 5.40. The summed E-state index contributed by atoms with van der Waals surface area (Å²) in [5.41, 5.74) is 4.47. The Bertz CT molecular complexity index is 929. The molecule has 0 unspecified atom stereocenters. The van der Waals surface area contributed by atoms with E-state index in [1.807, 2.05) is 0 Å². The Balaban J connectivity index is 1.32. The van der Waals surface area contributed by atoms with Gasteiger partial charge in [0.15, 0.2) is 0 Å². The van der Waals surface area contributed by atoms with Crippen molar-refractivity contribution in [3.63, 3.8) is 0 Å². The molecule has 28 heavy (non-hydrogen) atoms. The van der Waals surface area contributed by atoms with Gasteiger partial charge in [-0.25, -0.2) is 9.97 Å². The maximum Gasteiger partial charge on any atom is 0.220 e. The van der Waals surface area contributed by atoms with Crippen LogP contribution in [0.2, 0.25) is 0 Å². The average Bonchev–Trinajstić information content (AvgIpc) is 3.09. The van der Waals surface area contributed by atoms with E-state index in [4.69, 9.17) is 0 Å². The van der Waals surface area contributed by atoms with Crippen molar-refractivity contribution in [2.75, 3.05) is 18.0 Å². The van der Waals surface area contributed by atoms with Crippen LogP contribution in [0.1, 0.15) is 36.2 Å².